The summed E-state index contributed by atoms with van der Waals surface area (Å²) < 4.78 is 0. The smallest absolute Gasteiger partial charge is 0.235 e. The lowest BCUT2D eigenvalue weighted by atomic mass is 9.88. The highest BCUT2D eigenvalue weighted by atomic mass is 32.2. The maximum Gasteiger partial charge on any atom is 0.235 e. The fourth-order valence-electron chi connectivity index (χ4n) is 1.40. The number of carbonyl (C=O) groups is 1. The molecule has 1 aromatic rings. The van der Waals surface area contributed by atoms with Gasteiger partial charge >= 0.3 is 0 Å². The number of aromatic nitrogens is 2. The predicted molar refractivity (Wildman–Crippen MR) is 55.5 cm³/mol. The van der Waals surface area contributed by atoms with Crippen LogP contribution in [0.2, 0.25) is 0 Å². The first-order chi connectivity index (χ1) is 6.55. The molecule has 0 fully saturated rings. The highest BCUT2D eigenvalue weighted by molar-refractivity contribution is 7.98. The van der Waals surface area contributed by atoms with E-state index in [1.807, 2.05) is 20.1 Å². The summed E-state index contributed by atoms with van der Waals surface area (Å²) >= 11 is 1.46. The standard InChI is InChI=1S/C9H11N3OS/c1-9(2)5-4-10-8(14-3)12-6(5)11-7(9)13/h4H,1-3H3,(H,10,11,12,13). The number of hydrogen-bond donors (Lipinski definition) is 1. The Balaban J connectivity index is 2.54. The second-order valence-electron chi connectivity index (χ2n) is 3.70. The zero-order valence-corrected chi connectivity index (χ0v) is 9.10. The number of fused-ring (bicyclic) bond motifs is 1. The van der Waals surface area contributed by atoms with Crippen LogP contribution in [0.15, 0.2) is 11.4 Å². The van der Waals surface area contributed by atoms with E-state index in [1.165, 1.54) is 11.8 Å². The van der Waals surface area contributed by atoms with Crippen LogP contribution in [0.25, 0.3) is 0 Å². The fraction of sp³-hybridized carbons (Fsp3) is 0.444. The summed E-state index contributed by atoms with van der Waals surface area (Å²) in [5.41, 5.74) is 0.368. The van der Waals surface area contributed by atoms with Gasteiger partial charge in [-0.1, -0.05) is 11.8 Å². The topological polar surface area (TPSA) is 54.9 Å². The number of rotatable bonds is 1. The molecular formula is C9H11N3OS. The molecule has 1 aliphatic heterocycles. The van der Waals surface area contributed by atoms with Gasteiger partial charge in [0.1, 0.15) is 5.82 Å². The molecule has 74 valence electrons. The second kappa shape index (κ2) is 2.95. The number of carbonyl (C=O) groups excluding carboxylic acids is 1. The van der Waals surface area contributed by atoms with E-state index in [1.54, 1.807) is 6.20 Å². The molecule has 1 amide bonds. The molecule has 5 heteroatoms. The van der Waals surface area contributed by atoms with Gasteiger partial charge in [0.15, 0.2) is 5.16 Å². The minimum absolute atomic E-state index is 0.0138. The maximum absolute atomic E-state index is 11.6. The molecular weight excluding hydrogens is 198 g/mol. The van der Waals surface area contributed by atoms with Crippen molar-refractivity contribution in [2.75, 3.05) is 11.6 Å². The van der Waals surface area contributed by atoms with E-state index in [-0.39, 0.29) is 5.91 Å². The zero-order valence-electron chi connectivity index (χ0n) is 8.29. The number of anilines is 1. The Morgan fingerprint density at radius 3 is 2.86 bits per heavy atom. The molecule has 0 radical (unpaired) electrons. The first-order valence-corrected chi connectivity index (χ1v) is 5.51. The monoisotopic (exact) mass is 209 g/mol. The molecule has 0 bridgehead atoms. The molecule has 1 aromatic heterocycles. The molecule has 14 heavy (non-hydrogen) atoms. The number of thioether (sulfide) groups is 1. The van der Waals surface area contributed by atoms with Crippen molar-refractivity contribution >= 4 is 23.5 Å². The third-order valence-corrected chi connectivity index (χ3v) is 2.98. The number of amides is 1. The van der Waals surface area contributed by atoms with Crippen molar-refractivity contribution in [3.05, 3.63) is 11.8 Å². The summed E-state index contributed by atoms with van der Waals surface area (Å²) in [4.78, 5) is 20.0. The molecule has 2 heterocycles. The van der Waals surface area contributed by atoms with E-state index in [0.717, 1.165) is 5.56 Å². The van der Waals surface area contributed by atoms with E-state index in [0.29, 0.717) is 11.0 Å². The van der Waals surface area contributed by atoms with Crippen molar-refractivity contribution in [3.63, 3.8) is 0 Å². The summed E-state index contributed by atoms with van der Waals surface area (Å²) in [7, 11) is 0. The molecule has 0 aromatic carbocycles. The Morgan fingerprint density at radius 1 is 1.50 bits per heavy atom. The molecule has 0 unspecified atom stereocenters. The van der Waals surface area contributed by atoms with Gasteiger partial charge in [-0.3, -0.25) is 4.79 Å². The minimum Gasteiger partial charge on any atom is -0.310 e. The zero-order chi connectivity index (χ0) is 10.3. The van der Waals surface area contributed by atoms with Crippen LogP contribution in [0, 0.1) is 0 Å². The lowest BCUT2D eigenvalue weighted by Crippen LogP contribution is -2.26. The normalized spacial score (nSPS) is 17.8. The van der Waals surface area contributed by atoms with Crippen LogP contribution in [0.3, 0.4) is 0 Å². The number of hydrogen-bond acceptors (Lipinski definition) is 4. The first kappa shape index (κ1) is 9.45. The van der Waals surface area contributed by atoms with Gasteiger partial charge in [-0.25, -0.2) is 9.97 Å². The van der Waals surface area contributed by atoms with Gasteiger partial charge in [-0.2, -0.15) is 0 Å². The van der Waals surface area contributed by atoms with E-state index < -0.39 is 5.41 Å². The number of nitrogens with zero attached hydrogens (tertiary/aromatic N) is 2. The van der Waals surface area contributed by atoms with Gasteiger partial charge in [0, 0.05) is 11.8 Å². The van der Waals surface area contributed by atoms with Crippen molar-refractivity contribution in [1.29, 1.82) is 0 Å². The molecule has 2 rings (SSSR count). The Morgan fingerprint density at radius 2 is 2.21 bits per heavy atom. The van der Waals surface area contributed by atoms with Crippen LogP contribution in [0.4, 0.5) is 5.82 Å². The second-order valence-corrected chi connectivity index (χ2v) is 4.47. The molecule has 1 aliphatic rings. The van der Waals surface area contributed by atoms with Crippen molar-refractivity contribution in [2.24, 2.45) is 0 Å². The summed E-state index contributed by atoms with van der Waals surface area (Å²) in [5, 5.41) is 3.44. The Bertz CT molecular complexity index is 403. The predicted octanol–water partition coefficient (Wildman–Crippen LogP) is 1.43. The van der Waals surface area contributed by atoms with Crippen LogP contribution >= 0.6 is 11.8 Å². The molecule has 0 spiro atoms. The van der Waals surface area contributed by atoms with Crippen LogP contribution in [-0.4, -0.2) is 22.1 Å². The molecule has 0 atom stereocenters. The quantitative estimate of drug-likeness (QED) is 0.561. The van der Waals surface area contributed by atoms with Crippen LogP contribution in [0.5, 0.6) is 0 Å². The van der Waals surface area contributed by atoms with E-state index in [4.69, 9.17) is 0 Å². The van der Waals surface area contributed by atoms with Gasteiger partial charge in [0.05, 0.1) is 5.41 Å². The largest absolute Gasteiger partial charge is 0.310 e. The average molecular weight is 209 g/mol. The maximum atomic E-state index is 11.6. The fourth-order valence-corrected chi connectivity index (χ4v) is 1.74. The Kier molecular flexibility index (Phi) is 1.99. The Labute approximate surface area is 86.5 Å². The summed E-state index contributed by atoms with van der Waals surface area (Å²) in [6, 6.07) is 0. The van der Waals surface area contributed by atoms with Gasteiger partial charge in [0.2, 0.25) is 5.91 Å². The van der Waals surface area contributed by atoms with Gasteiger partial charge in [0.25, 0.3) is 0 Å². The molecule has 4 nitrogen and oxygen atoms in total. The lowest BCUT2D eigenvalue weighted by Gasteiger charge is -2.13. The molecule has 0 saturated carbocycles. The van der Waals surface area contributed by atoms with E-state index in [2.05, 4.69) is 15.3 Å². The van der Waals surface area contributed by atoms with Gasteiger partial charge < -0.3 is 5.32 Å². The Hall–Kier alpha value is -1.10. The molecule has 1 N–H and O–H groups in total. The number of nitrogens with one attached hydrogen (secondary N) is 1. The third-order valence-electron chi connectivity index (χ3n) is 2.42. The van der Waals surface area contributed by atoms with E-state index in [9.17, 15) is 4.79 Å². The molecule has 0 aliphatic carbocycles. The summed E-state index contributed by atoms with van der Waals surface area (Å²) in [6.07, 6.45) is 3.63. The van der Waals surface area contributed by atoms with Crippen LogP contribution in [-0.2, 0) is 10.2 Å². The van der Waals surface area contributed by atoms with Crippen LogP contribution < -0.4 is 5.32 Å². The lowest BCUT2D eigenvalue weighted by molar-refractivity contribution is -0.119. The molecule has 0 saturated heterocycles. The van der Waals surface area contributed by atoms with Crippen molar-refractivity contribution in [2.45, 2.75) is 24.4 Å². The van der Waals surface area contributed by atoms with Gasteiger partial charge in [-0.05, 0) is 20.1 Å². The minimum atomic E-state index is -0.508. The van der Waals surface area contributed by atoms with Crippen LogP contribution in [0.1, 0.15) is 19.4 Å². The highest BCUT2D eigenvalue weighted by Crippen LogP contribution is 2.35. The van der Waals surface area contributed by atoms with Crippen molar-refractivity contribution in [3.8, 4) is 0 Å². The highest BCUT2D eigenvalue weighted by Gasteiger charge is 2.39. The average Bonchev–Trinajstić information content (AvgIpc) is 2.38. The SMILES string of the molecule is CSc1ncc2c(n1)NC(=O)C2(C)C. The van der Waals surface area contributed by atoms with Gasteiger partial charge in [-0.15, -0.1) is 0 Å². The van der Waals surface area contributed by atoms with Crippen molar-refractivity contribution in [1.82, 2.24) is 9.97 Å². The first-order valence-electron chi connectivity index (χ1n) is 4.28. The third kappa shape index (κ3) is 1.19. The van der Waals surface area contributed by atoms with Crippen molar-refractivity contribution < 1.29 is 4.79 Å². The summed E-state index contributed by atoms with van der Waals surface area (Å²) in [5.74, 6) is 0.638. The summed E-state index contributed by atoms with van der Waals surface area (Å²) in [6.45, 7) is 3.74. The van der Waals surface area contributed by atoms with E-state index >= 15 is 0 Å².